The third-order valence-electron chi connectivity index (χ3n) is 5.13. The summed E-state index contributed by atoms with van der Waals surface area (Å²) >= 11 is 0. The minimum Gasteiger partial charge on any atom is -0.469 e. The van der Waals surface area contributed by atoms with Crippen molar-refractivity contribution in [1.29, 1.82) is 0 Å². The van der Waals surface area contributed by atoms with Gasteiger partial charge in [-0.25, -0.2) is 4.98 Å². The number of nitrogens with zero attached hydrogens (tertiary/aromatic N) is 4. The number of furan rings is 1. The standard InChI is InChI=1S/C20H31N5O.HI/c1-3-4-9-22-20(23-10-7-18-6-5-14-26-18)24-12-8-17(2)19(15-24)25-13-11-21-16-25;/h5-6,11,13-14,16-17,19H,3-4,7-10,12,15H2,1-2H3,(H,22,23);1H. The SMILES string of the molecule is CCCCN=C(NCCc1ccco1)N1CCC(C)C(n2ccnc2)C1.I. The molecule has 3 rings (SSSR count). The van der Waals surface area contributed by atoms with Gasteiger partial charge in [0.1, 0.15) is 5.76 Å². The number of guanidine groups is 1. The molecule has 0 spiro atoms. The highest BCUT2D eigenvalue weighted by atomic mass is 127. The van der Waals surface area contributed by atoms with Crippen LogP contribution in [0.1, 0.15) is 44.9 Å². The minimum atomic E-state index is 0. The molecule has 2 aromatic heterocycles. The van der Waals surface area contributed by atoms with Crippen LogP contribution < -0.4 is 5.32 Å². The molecule has 1 saturated heterocycles. The predicted molar refractivity (Wildman–Crippen MR) is 120 cm³/mol. The van der Waals surface area contributed by atoms with Crippen LogP contribution in [0.15, 0.2) is 46.5 Å². The molecule has 150 valence electrons. The van der Waals surface area contributed by atoms with Gasteiger partial charge >= 0.3 is 0 Å². The first-order valence-corrected chi connectivity index (χ1v) is 9.81. The van der Waals surface area contributed by atoms with Crippen molar-refractivity contribution in [2.75, 3.05) is 26.2 Å². The molecule has 0 aromatic carbocycles. The van der Waals surface area contributed by atoms with Crippen LogP contribution in [0.4, 0.5) is 0 Å². The third-order valence-corrected chi connectivity index (χ3v) is 5.13. The highest BCUT2D eigenvalue weighted by Crippen LogP contribution is 2.27. The Morgan fingerprint density at radius 2 is 2.33 bits per heavy atom. The van der Waals surface area contributed by atoms with Crippen LogP contribution in [0.2, 0.25) is 0 Å². The largest absolute Gasteiger partial charge is 0.469 e. The van der Waals surface area contributed by atoms with Crippen LogP contribution in [-0.2, 0) is 6.42 Å². The van der Waals surface area contributed by atoms with Crippen molar-refractivity contribution >= 4 is 29.9 Å². The summed E-state index contributed by atoms with van der Waals surface area (Å²) < 4.78 is 7.68. The number of halogens is 1. The van der Waals surface area contributed by atoms with E-state index in [1.54, 1.807) is 6.26 Å². The van der Waals surface area contributed by atoms with E-state index in [9.17, 15) is 0 Å². The van der Waals surface area contributed by atoms with Crippen molar-refractivity contribution < 1.29 is 4.42 Å². The van der Waals surface area contributed by atoms with Crippen molar-refractivity contribution in [2.45, 2.75) is 45.6 Å². The first-order valence-electron chi connectivity index (χ1n) is 9.81. The molecular weight excluding hydrogens is 453 g/mol. The van der Waals surface area contributed by atoms with Gasteiger partial charge in [0, 0.05) is 45.0 Å². The zero-order valence-corrected chi connectivity index (χ0v) is 18.7. The van der Waals surface area contributed by atoms with Gasteiger partial charge in [0.05, 0.1) is 18.6 Å². The molecule has 2 aromatic rings. The molecule has 3 heterocycles. The first-order chi connectivity index (χ1) is 12.8. The average molecular weight is 485 g/mol. The van der Waals surface area contributed by atoms with Crippen molar-refractivity contribution in [3.8, 4) is 0 Å². The van der Waals surface area contributed by atoms with Crippen molar-refractivity contribution in [2.24, 2.45) is 10.9 Å². The van der Waals surface area contributed by atoms with Crippen LogP contribution in [0.25, 0.3) is 0 Å². The lowest BCUT2D eigenvalue weighted by Crippen LogP contribution is -2.49. The Bertz CT molecular complexity index is 656. The highest BCUT2D eigenvalue weighted by Gasteiger charge is 2.28. The normalized spacial score (nSPS) is 20.4. The van der Waals surface area contributed by atoms with Gasteiger partial charge in [0.2, 0.25) is 0 Å². The van der Waals surface area contributed by atoms with E-state index in [0.717, 1.165) is 63.6 Å². The fourth-order valence-corrected chi connectivity index (χ4v) is 3.46. The number of imidazole rings is 1. The van der Waals surface area contributed by atoms with Gasteiger partial charge in [0.25, 0.3) is 0 Å². The molecule has 27 heavy (non-hydrogen) atoms. The monoisotopic (exact) mass is 485 g/mol. The maximum Gasteiger partial charge on any atom is 0.194 e. The molecule has 7 heteroatoms. The molecule has 0 amide bonds. The Labute approximate surface area is 179 Å². The maximum absolute atomic E-state index is 5.44. The van der Waals surface area contributed by atoms with Crippen LogP contribution in [0.3, 0.4) is 0 Å². The molecule has 1 N–H and O–H groups in total. The van der Waals surface area contributed by atoms with Gasteiger partial charge in [-0.2, -0.15) is 0 Å². The average Bonchev–Trinajstić information content (AvgIpc) is 3.35. The summed E-state index contributed by atoms with van der Waals surface area (Å²) in [5, 5.41) is 3.56. The fraction of sp³-hybridized carbons (Fsp3) is 0.600. The fourth-order valence-electron chi connectivity index (χ4n) is 3.46. The number of aromatic nitrogens is 2. The number of hydrogen-bond donors (Lipinski definition) is 1. The molecule has 1 aliphatic rings. The number of nitrogens with one attached hydrogen (secondary N) is 1. The summed E-state index contributed by atoms with van der Waals surface area (Å²) in [6.07, 6.45) is 11.9. The van der Waals surface area contributed by atoms with Crippen molar-refractivity contribution in [3.63, 3.8) is 0 Å². The summed E-state index contributed by atoms with van der Waals surface area (Å²) in [6, 6.07) is 4.40. The maximum atomic E-state index is 5.44. The quantitative estimate of drug-likeness (QED) is 0.279. The van der Waals surface area contributed by atoms with Crippen LogP contribution >= 0.6 is 24.0 Å². The van der Waals surface area contributed by atoms with Gasteiger partial charge in [-0.05, 0) is 30.9 Å². The van der Waals surface area contributed by atoms with Gasteiger partial charge in [-0.15, -0.1) is 24.0 Å². The topological polar surface area (TPSA) is 58.6 Å². The van der Waals surface area contributed by atoms with E-state index < -0.39 is 0 Å². The van der Waals surface area contributed by atoms with Crippen molar-refractivity contribution in [1.82, 2.24) is 19.8 Å². The van der Waals surface area contributed by atoms with E-state index in [1.165, 1.54) is 0 Å². The first kappa shape index (κ1) is 21.8. The smallest absolute Gasteiger partial charge is 0.194 e. The number of hydrogen-bond acceptors (Lipinski definition) is 3. The van der Waals surface area contributed by atoms with Crippen LogP contribution in [0.5, 0.6) is 0 Å². The molecule has 0 bridgehead atoms. The minimum absolute atomic E-state index is 0. The zero-order chi connectivity index (χ0) is 18.2. The molecular formula is C20H32IN5O. The molecule has 0 saturated carbocycles. The highest BCUT2D eigenvalue weighted by molar-refractivity contribution is 14.0. The number of rotatable bonds is 7. The predicted octanol–water partition coefficient (Wildman–Crippen LogP) is 3.97. The second-order valence-corrected chi connectivity index (χ2v) is 7.10. The molecule has 0 radical (unpaired) electrons. The lowest BCUT2D eigenvalue weighted by atomic mass is 9.93. The van der Waals surface area contributed by atoms with Gasteiger partial charge in [-0.3, -0.25) is 4.99 Å². The lowest BCUT2D eigenvalue weighted by Gasteiger charge is -2.39. The Balaban J connectivity index is 0.00000261. The Hall–Kier alpha value is -1.51. The summed E-state index contributed by atoms with van der Waals surface area (Å²) in [7, 11) is 0. The van der Waals surface area contributed by atoms with Gasteiger partial charge < -0.3 is 19.2 Å². The molecule has 6 nitrogen and oxygen atoms in total. The number of unbranched alkanes of at least 4 members (excludes halogenated alkanes) is 1. The van der Waals surface area contributed by atoms with E-state index in [4.69, 9.17) is 9.41 Å². The summed E-state index contributed by atoms with van der Waals surface area (Å²) in [6.45, 7) is 8.26. The Kier molecular flexibility index (Phi) is 9.17. The van der Waals surface area contributed by atoms with E-state index in [-0.39, 0.29) is 24.0 Å². The second-order valence-electron chi connectivity index (χ2n) is 7.10. The van der Waals surface area contributed by atoms with E-state index in [1.807, 2.05) is 24.7 Å². The summed E-state index contributed by atoms with van der Waals surface area (Å²) in [4.78, 5) is 11.5. The van der Waals surface area contributed by atoms with Crippen molar-refractivity contribution in [3.05, 3.63) is 42.9 Å². The zero-order valence-electron chi connectivity index (χ0n) is 16.4. The molecule has 1 fully saturated rings. The van der Waals surface area contributed by atoms with E-state index in [2.05, 4.69) is 39.8 Å². The molecule has 2 atom stereocenters. The van der Waals surface area contributed by atoms with Gasteiger partial charge in [0.15, 0.2) is 5.96 Å². The Morgan fingerprint density at radius 1 is 1.44 bits per heavy atom. The number of likely N-dealkylation sites (tertiary alicyclic amines) is 1. The number of aliphatic imine (C=N–C) groups is 1. The second kappa shape index (κ2) is 11.4. The lowest BCUT2D eigenvalue weighted by molar-refractivity contribution is 0.189. The molecule has 1 aliphatic heterocycles. The van der Waals surface area contributed by atoms with Crippen LogP contribution in [-0.4, -0.2) is 46.6 Å². The molecule has 0 aliphatic carbocycles. The molecule has 2 unspecified atom stereocenters. The van der Waals surface area contributed by atoms with Crippen LogP contribution in [0, 0.1) is 5.92 Å². The Morgan fingerprint density at radius 3 is 3.04 bits per heavy atom. The summed E-state index contributed by atoms with van der Waals surface area (Å²) in [5.41, 5.74) is 0. The summed E-state index contributed by atoms with van der Waals surface area (Å²) in [5.74, 6) is 2.68. The van der Waals surface area contributed by atoms with E-state index in [0.29, 0.717) is 12.0 Å². The van der Waals surface area contributed by atoms with Gasteiger partial charge in [-0.1, -0.05) is 20.3 Å². The third kappa shape index (κ3) is 6.26. The van der Waals surface area contributed by atoms with E-state index >= 15 is 0 Å². The number of piperidine rings is 1.